The van der Waals surface area contributed by atoms with Crippen LogP contribution >= 0.6 is 0 Å². The van der Waals surface area contributed by atoms with Crippen LogP contribution in [-0.2, 0) is 32.0 Å². The fourth-order valence-corrected chi connectivity index (χ4v) is 1.94. The molecule has 0 bridgehead atoms. The molecule has 1 rings (SSSR count). The molecule has 1 aromatic rings. The van der Waals surface area contributed by atoms with Crippen molar-refractivity contribution in [2.75, 3.05) is 27.6 Å². The summed E-state index contributed by atoms with van der Waals surface area (Å²) in [7, 11) is 2.86. The first-order chi connectivity index (χ1) is 10.5. The van der Waals surface area contributed by atoms with Crippen LogP contribution in [0.3, 0.4) is 0 Å². The SMILES string of the molecule is CCOC(=O)C(F)(F)Cc1cccc(COCOC)c1OC. The van der Waals surface area contributed by atoms with Crippen molar-refractivity contribution >= 4 is 5.97 Å². The zero-order valence-corrected chi connectivity index (χ0v) is 12.9. The highest BCUT2D eigenvalue weighted by molar-refractivity contribution is 5.78. The van der Waals surface area contributed by atoms with Crippen LogP contribution in [0, 0.1) is 0 Å². The molecule has 0 amide bonds. The maximum atomic E-state index is 13.9. The van der Waals surface area contributed by atoms with Gasteiger partial charge in [0.05, 0.1) is 26.7 Å². The van der Waals surface area contributed by atoms with Gasteiger partial charge in [-0.25, -0.2) is 4.79 Å². The highest BCUT2D eigenvalue weighted by atomic mass is 19.3. The Hall–Kier alpha value is -1.73. The molecule has 0 heterocycles. The number of alkyl halides is 2. The maximum absolute atomic E-state index is 13.9. The van der Waals surface area contributed by atoms with Gasteiger partial charge in [-0.1, -0.05) is 18.2 Å². The summed E-state index contributed by atoms with van der Waals surface area (Å²) in [5.41, 5.74) is 0.802. The van der Waals surface area contributed by atoms with Gasteiger partial charge < -0.3 is 18.9 Å². The molecule has 0 unspecified atom stereocenters. The molecule has 5 nitrogen and oxygen atoms in total. The number of carbonyl (C=O) groups is 1. The van der Waals surface area contributed by atoms with E-state index in [1.807, 2.05) is 0 Å². The molecular formula is C15H20F2O5. The van der Waals surface area contributed by atoms with Gasteiger partial charge in [0.2, 0.25) is 0 Å². The number of ether oxygens (including phenoxy) is 4. The number of methoxy groups -OCH3 is 2. The summed E-state index contributed by atoms with van der Waals surface area (Å²) in [6, 6.07) is 4.77. The van der Waals surface area contributed by atoms with Crippen molar-refractivity contribution in [3.8, 4) is 5.75 Å². The van der Waals surface area contributed by atoms with Crippen molar-refractivity contribution in [2.45, 2.75) is 25.9 Å². The molecule has 0 spiro atoms. The van der Waals surface area contributed by atoms with E-state index in [1.54, 1.807) is 12.1 Å². The van der Waals surface area contributed by atoms with Crippen molar-refractivity contribution in [1.82, 2.24) is 0 Å². The molecule has 22 heavy (non-hydrogen) atoms. The molecule has 0 radical (unpaired) electrons. The Morgan fingerprint density at radius 3 is 2.50 bits per heavy atom. The van der Waals surface area contributed by atoms with Crippen LogP contribution in [0.15, 0.2) is 18.2 Å². The molecule has 0 aromatic heterocycles. The van der Waals surface area contributed by atoms with E-state index in [0.29, 0.717) is 5.56 Å². The molecular weight excluding hydrogens is 298 g/mol. The van der Waals surface area contributed by atoms with Gasteiger partial charge in [-0.2, -0.15) is 8.78 Å². The fraction of sp³-hybridized carbons (Fsp3) is 0.533. The third-order valence-electron chi connectivity index (χ3n) is 2.83. The van der Waals surface area contributed by atoms with Gasteiger partial charge in [-0.3, -0.25) is 0 Å². The molecule has 7 heteroatoms. The average molecular weight is 318 g/mol. The first-order valence-electron chi connectivity index (χ1n) is 6.72. The summed E-state index contributed by atoms with van der Waals surface area (Å²) in [5.74, 6) is -4.89. The van der Waals surface area contributed by atoms with Crippen LogP contribution in [0.1, 0.15) is 18.1 Å². The van der Waals surface area contributed by atoms with Gasteiger partial charge in [0, 0.05) is 18.2 Å². The number of halogens is 2. The number of hydrogen-bond donors (Lipinski definition) is 0. The van der Waals surface area contributed by atoms with Crippen LogP contribution in [0.5, 0.6) is 5.75 Å². The summed E-state index contributed by atoms with van der Waals surface area (Å²) >= 11 is 0. The Labute approximate surface area is 128 Å². The van der Waals surface area contributed by atoms with Crippen molar-refractivity contribution in [3.63, 3.8) is 0 Å². The van der Waals surface area contributed by atoms with Crippen LogP contribution in [0.4, 0.5) is 8.78 Å². The predicted octanol–water partition coefficient (Wildman–Crippen LogP) is 2.56. The minimum absolute atomic E-state index is 0.0758. The lowest BCUT2D eigenvalue weighted by molar-refractivity contribution is -0.171. The van der Waals surface area contributed by atoms with E-state index in [9.17, 15) is 13.6 Å². The van der Waals surface area contributed by atoms with Crippen molar-refractivity contribution in [1.29, 1.82) is 0 Å². The van der Waals surface area contributed by atoms with Crippen LogP contribution in [0.25, 0.3) is 0 Å². The van der Waals surface area contributed by atoms with E-state index in [0.717, 1.165) is 0 Å². The standard InChI is InChI=1S/C15H20F2O5/c1-4-22-14(18)15(16,17)8-11-6-5-7-12(13(11)20-3)9-21-10-19-2/h5-7H,4,8-10H2,1-3H3. The summed E-state index contributed by atoms with van der Waals surface area (Å²) in [5, 5.41) is 0. The van der Waals surface area contributed by atoms with E-state index < -0.39 is 18.3 Å². The topological polar surface area (TPSA) is 54.0 Å². The Morgan fingerprint density at radius 1 is 1.23 bits per heavy atom. The molecule has 0 aliphatic rings. The average Bonchev–Trinajstić information content (AvgIpc) is 2.47. The number of esters is 1. The first-order valence-corrected chi connectivity index (χ1v) is 6.72. The lowest BCUT2D eigenvalue weighted by atomic mass is 10.0. The normalized spacial score (nSPS) is 11.3. The zero-order valence-electron chi connectivity index (χ0n) is 12.9. The second kappa shape index (κ2) is 8.65. The summed E-state index contributed by atoms with van der Waals surface area (Å²) in [4.78, 5) is 11.3. The minimum Gasteiger partial charge on any atom is -0.496 e. The molecule has 0 aliphatic heterocycles. The summed E-state index contributed by atoms with van der Waals surface area (Å²) in [6.45, 7) is 1.60. The first kappa shape index (κ1) is 18.3. The van der Waals surface area contributed by atoms with Crippen molar-refractivity contribution in [3.05, 3.63) is 29.3 Å². The third kappa shape index (κ3) is 4.92. The van der Waals surface area contributed by atoms with Gasteiger partial charge in [0.25, 0.3) is 0 Å². The quantitative estimate of drug-likeness (QED) is 0.398. The van der Waals surface area contributed by atoms with Crippen LogP contribution in [0.2, 0.25) is 0 Å². The number of benzene rings is 1. The lowest BCUT2D eigenvalue weighted by Gasteiger charge is -2.18. The number of rotatable bonds is 9. The highest BCUT2D eigenvalue weighted by Gasteiger charge is 2.41. The largest absolute Gasteiger partial charge is 0.496 e. The minimum atomic E-state index is -3.62. The van der Waals surface area contributed by atoms with Gasteiger partial charge in [0.15, 0.2) is 0 Å². The van der Waals surface area contributed by atoms with Crippen LogP contribution < -0.4 is 4.74 Å². The fourth-order valence-electron chi connectivity index (χ4n) is 1.94. The molecule has 0 fully saturated rings. The maximum Gasteiger partial charge on any atom is 0.377 e. The molecule has 0 aliphatic carbocycles. The van der Waals surface area contributed by atoms with Crippen molar-refractivity contribution in [2.24, 2.45) is 0 Å². The van der Waals surface area contributed by atoms with E-state index in [2.05, 4.69) is 4.74 Å². The van der Waals surface area contributed by atoms with E-state index in [1.165, 1.54) is 27.2 Å². The summed E-state index contributed by atoms with van der Waals surface area (Å²) in [6.07, 6.45) is -0.798. The van der Waals surface area contributed by atoms with E-state index in [4.69, 9.17) is 14.2 Å². The zero-order chi connectivity index (χ0) is 16.6. The van der Waals surface area contributed by atoms with Gasteiger partial charge in [-0.05, 0) is 6.92 Å². The molecule has 0 atom stereocenters. The molecule has 0 N–H and O–H groups in total. The number of para-hydroxylation sites is 1. The van der Waals surface area contributed by atoms with Gasteiger partial charge in [0.1, 0.15) is 12.5 Å². The Bertz CT molecular complexity index is 491. The molecule has 0 saturated carbocycles. The van der Waals surface area contributed by atoms with Gasteiger partial charge in [-0.15, -0.1) is 0 Å². The number of carbonyl (C=O) groups excluding carboxylic acids is 1. The lowest BCUT2D eigenvalue weighted by Crippen LogP contribution is -2.33. The highest BCUT2D eigenvalue weighted by Crippen LogP contribution is 2.30. The van der Waals surface area contributed by atoms with E-state index >= 15 is 0 Å². The Balaban J connectivity index is 2.94. The number of hydrogen-bond acceptors (Lipinski definition) is 5. The smallest absolute Gasteiger partial charge is 0.377 e. The van der Waals surface area contributed by atoms with E-state index in [-0.39, 0.29) is 31.3 Å². The Kier molecular flexibility index (Phi) is 7.20. The summed E-state index contributed by atoms with van der Waals surface area (Å²) < 4.78 is 47.3. The predicted molar refractivity (Wildman–Crippen MR) is 74.9 cm³/mol. The Morgan fingerprint density at radius 2 is 1.91 bits per heavy atom. The monoisotopic (exact) mass is 318 g/mol. The second-order valence-electron chi connectivity index (χ2n) is 4.47. The molecule has 1 aromatic carbocycles. The third-order valence-corrected chi connectivity index (χ3v) is 2.83. The van der Waals surface area contributed by atoms with Crippen molar-refractivity contribution < 1.29 is 32.5 Å². The van der Waals surface area contributed by atoms with Gasteiger partial charge >= 0.3 is 11.9 Å². The molecule has 0 saturated heterocycles. The van der Waals surface area contributed by atoms with Crippen LogP contribution in [-0.4, -0.2) is 39.5 Å². The second-order valence-corrected chi connectivity index (χ2v) is 4.47. The molecule has 124 valence electrons.